The van der Waals surface area contributed by atoms with Gasteiger partial charge in [0.2, 0.25) is 11.8 Å². The van der Waals surface area contributed by atoms with Gasteiger partial charge in [-0.3, -0.25) is 9.59 Å². The lowest BCUT2D eigenvalue weighted by molar-refractivity contribution is -0.145. The average molecular weight is 330 g/mol. The number of hydrogen-bond acceptors (Lipinski definition) is 4. The summed E-state index contributed by atoms with van der Waals surface area (Å²) in [5, 5.41) is 24.8. The highest BCUT2D eigenvalue weighted by atomic mass is 16.3. The fraction of sp³-hybridized carbons (Fsp3) is 0.882. The molecule has 6 heteroatoms. The zero-order valence-electron chi connectivity index (χ0n) is 15.8. The molecule has 2 unspecified atom stereocenters. The van der Waals surface area contributed by atoms with Crippen molar-refractivity contribution in [1.29, 1.82) is 0 Å². The standard InChI is InChI=1S/C17H34N2O4/c1-15(2,3)9-11(20)18-13(22)17(7,8)14(23)19-12(21)10-16(4,5)6/h11-12,20-21H,9-10H2,1-8H3,(H,18,22)(H,19,23). The van der Waals surface area contributed by atoms with Gasteiger partial charge in [0.25, 0.3) is 0 Å². The van der Waals surface area contributed by atoms with Crippen LogP contribution in [-0.4, -0.2) is 34.5 Å². The number of hydrogen-bond donors (Lipinski definition) is 4. The number of rotatable bonds is 6. The van der Waals surface area contributed by atoms with Crippen LogP contribution < -0.4 is 10.6 Å². The van der Waals surface area contributed by atoms with Crippen LogP contribution in [0.25, 0.3) is 0 Å². The third-order valence-electron chi connectivity index (χ3n) is 3.34. The van der Waals surface area contributed by atoms with Gasteiger partial charge in [-0.05, 0) is 37.5 Å². The first-order chi connectivity index (χ1) is 10.0. The lowest BCUT2D eigenvalue weighted by Gasteiger charge is -2.29. The Morgan fingerprint density at radius 3 is 1.22 bits per heavy atom. The van der Waals surface area contributed by atoms with Gasteiger partial charge >= 0.3 is 0 Å². The lowest BCUT2D eigenvalue weighted by Crippen LogP contribution is -2.53. The molecule has 0 fully saturated rings. The molecule has 2 amide bonds. The summed E-state index contributed by atoms with van der Waals surface area (Å²) in [4.78, 5) is 24.5. The first kappa shape index (κ1) is 21.9. The second kappa shape index (κ2) is 7.62. The average Bonchev–Trinajstić information content (AvgIpc) is 2.22. The molecule has 0 spiro atoms. The molecule has 0 aromatic rings. The molecular formula is C17H34N2O4. The Balaban J connectivity index is 4.70. The van der Waals surface area contributed by atoms with Crippen molar-refractivity contribution in [2.75, 3.05) is 0 Å². The highest BCUT2D eigenvalue weighted by molar-refractivity contribution is 6.04. The van der Waals surface area contributed by atoms with Crippen molar-refractivity contribution < 1.29 is 19.8 Å². The second-order valence-electron chi connectivity index (χ2n) is 9.13. The minimum Gasteiger partial charge on any atom is -0.374 e. The molecule has 136 valence electrons. The van der Waals surface area contributed by atoms with Crippen molar-refractivity contribution >= 4 is 11.8 Å². The molecule has 0 aliphatic carbocycles. The Kier molecular flexibility index (Phi) is 7.24. The van der Waals surface area contributed by atoms with E-state index in [0.717, 1.165) is 0 Å². The van der Waals surface area contributed by atoms with Crippen LogP contribution in [0.2, 0.25) is 0 Å². The van der Waals surface area contributed by atoms with Crippen molar-refractivity contribution in [3.63, 3.8) is 0 Å². The molecule has 0 heterocycles. The van der Waals surface area contributed by atoms with Crippen LogP contribution in [0.5, 0.6) is 0 Å². The van der Waals surface area contributed by atoms with Gasteiger partial charge in [-0.2, -0.15) is 0 Å². The molecule has 0 aliphatic rings. The van der Waals surface area contributed by atoms with Crippen molar-refractivity contribution in [2.24, 2.45) is 16.2 Å². The molecule has 23 heavy (non-hydrogen) atoms. The van der Waals surface area contributed by atoms with Crippen LogP contribution in [-0.2, 0) is 9.59 Å². The molecular weight excluding hydrogens is 296 g/mol. The van der Waals surface area contributed by atoms with Gasteiger partial charge in [0.05, 0.1) is 0 Å². The Hall–Kier alpha value is -1.14. The summed E-state index contributed by atoms with van der Waals surface area (Å²) in [5.74, 6) is -1.15. The summed E-state index contributed by atoms with van der Waals surface area (Å²) in [6.45, 7) is 14.6. The minimum atomic E-state index is -1.39. The fourth-order valence-corrected chi connectivity index (χ4v) is 2.03. The molecule has 6 nitrogen and oxygen atoms in total. The van der Waals surface area contributed by atoms with Crippen LogP contribution in [0, 0.1) is 16.2 Å². The third kappa shape index (κ3) is 8.91. The maximum Gasteiger partial charge on any atom is 0.237 e. The Bertz CT molecular complexity index is 381. The van der Waals surface area contributed by atoms with E-state index >= 15 is 0 Å². The van der Waals surface area contributed by atoms with Crippen molar-refractivity contribution in [3.8, 4) is 0 Å². The Labute approximate surface area is 140 Å². The summed E-state index contributed by atoms with van der Waals surface area (Å²) >= 11 is 0. The van der Waals surface area contributed by atoms with Gasteiger partial charge in [0.15, 0.2) is 0 Å². The summed E-state index contributed by atoms with van der Waals surface area (Å²) in [6, 6.07) is 0. The van der Waals surface area contributed by atoms with Crippen LogP contribution >= 0.6 is 0 Å². The van der Waals surface area contributed by atoms with E-state index in [-0.39, 0.29) is 10.8 Å². The van der Waals surface area contributed by atoms with E-state index in [1.165, 1.54) is 13.8 Å². The first-order valence-electron chi connectivity index (χ1n) is 8.03. The number of carbonyl (C=O) groups is 2. The summed E-state index contributed by atoms with van der Waals surface area (Å²) in [6.07, 6.45) is -1.28. The highest BCUT2D eigenvalue weighted by Gasteiger charge is 2.38. The van der Waals surface area contributed by atoms with Crippen molar-refractivity contribution in [2.45, 2.75) is 80.7 Å². The molecule has 0 aliphatic heterocycles. The minimum absolute atomic E-state index is 0.151. The van der Waals surface area contributed by atoms with E-state index in [0.29, 0.717) is 12.8 Å². The van der Waals surface area contributed by atoms with E-state index in [1.54, 1.807) is 0 Å². The smallest absolute Gasteiger partial charge is 0.237 e. The highest BCUT2D eigenvalue weighted by Crippen LogP contribution is 2.23. The normalized spacial score (nSPS) is 15.7. The quantitative estimate of drug-likeness (QED) is 0.440. The number of aliphatic hydroxyl groups excluding tert-OH is 2. The zero-order chi connectivity index (χ0) is 18.6. The second-order valence-corrected chi connectivity index (χ2v) is 9.13. The summed E-state index contributed by atoms with van der Waals surface area (Å²) < 4.78 is 0. The van der Waals surface area contributed by atoms with Gasteiger partial charge < -0.3 is 20.8 Å². The Morgan fingerprint density at radius 2 is 1.00 bits per heavy atom. The molecule has 0 aromatic carbocycles. The van der Waals surface area contributed by atoms with E-state index in [4.69, 9.17) is 0 Å². The van der Waals surface area contributed by atoms with E-state index in [2.05, 4.69) is 10.6 Å². The predicted molar refractivity (Wildman–Crippen MR) is 90.2 cm³/mol. The largest absolute Gasteiger partial charge is 0.374 e. The molecule has 2 atom stereocenters. The van der Waals surface area contributed by atoms with Crippen LogP contribution in [0.1, 0.15) is 68.2 Å². The number of aliphatic hydroxyl groups is 2. The molecule has 0 radical (unpaired) electrons. The topological polar surface area (TPSA) is 98.7 Å². The van der Waals surface area contributed by atoms with Gasteiger partial charge in [-0.1, -0.05) is 41.5 Å². The maximum absolute atomic E-state index is 12.3. The Morgan fingerprint density at radius 1 is 0.739 bits per heavy atom. The predicted octanol–water partition coefficient (Wildman–Crippen LogP) is 1.75. The van der Waals surface area contributed by atoms with Gasteiger partial charge in [0.1, 0.15) is 17.9 Å². The molecule has 4 N–H and O–H groups in total. The maximum atomic E-state index is 12.3. The van der Waals surface area contributed by atoms with Crippen molar-refractivity contribution in [1.82, 2.24) is 10.6 Å². The van der Waals surface area contributed by atoms with E-state index in [1.807, 2.05) is 41.5 Å². The fourth-order valence-electron chi connectivity index (χ4n) is 2.03. The van der Waals surface area contributed by atoms with Crippen LogP contribution in [0.3, 0.4) is 0 Å². The van der Waals surface area contributed by atoms with E-state index in [9.17, 15) is 19.8 Å². The molecule has 0 saturated carbocycles. The summed E-state index contributed by atoms with van der Waals surface area (Å²) in [7, 11) is 0. The first-order valence-corrected chi connectivity index (χ1v) is 8.03. The third-order valence-corrected chi connectivity index (χ3v) is 3.34. The lowest BCUT2D eigenvalue weighted by atomic mass is 9.88. The number of carbonyl (C=O) groups excluding carboxylic acids is 2. The molecule has 0 saturated heterocycles. The van der Waals surface area contributed by atoms with Gasteiger partial charge in [-0.15, -0.1) is 0 Å². The molecule has 0 bridgehead atoms. The van der Waals surface area contributed by atoms with Crippen LogP contribution in [0.4, 0.5) is 0 Å². The van der Waals surface area contributed by atoms with Crippen molar-refractivity contribution in [3.05, 3.63) is 0 Å². The zero-order valence-corrected chi connectivity index (χ0v) is 15.8. The van der Waals surface area contributed by atoms with Crippen LogP contribution in [0.15, 0.2) is 0 Å². The van der Waals surface area contributed by atoms with Gasteiger partial charge in [-0.25, -0.2) is 0 Å². The van der Waals surface area contributed by atoms with Gasteiger partial charge in [0, 0.05) is 0 Å². The SMILES string of the molecule is CC(C)(C)CC(O)NC(=O)C(C)(C)C(=O)NC(O)CC(C)(C)C. The number of amides is 2. The molecule has 0 aromatic heterocycles. The monoisotopic (exact) mass is 330 g/mol. The summed E-state index contributed by atoms with van der Waals surface area (Å²) in [5.41, 5.74) is -1.69. The molecule has 0 rings (SSSR count). The number of nitrogens with one attached hydrogen (secondary N) is 2. The van der Waals surface area contributed by atoms with E-state index < -0.39 is 29.7 Å².